The molecule has 2 aromatic rings. The van der Waals surface area contributed by atoms with Gasteiger partial charge in [-0.1, -0.05) is 24.3 Å². The Morgan fingerprint density at radius 1 is 1.21 bits per heavy atom. The van der Waals surface area contributed by atoms with Gasteiger partial charge in [0.05, 0.1) is 0 Å². The number of hydrogen-bond acceptors (Lipinski definition) is 4. The van der Waals surface area contributed by atoms with Gasteiger partial charge in [-0.3, -0.25) is 0 Å². The van der Waals surface area contributed by atoms with Gasteiger partial charge in [0.25, 0.3) is 0 Å². The zero-order valence-corrected chi connectivity index (χ0v) is 12.0. The first-order valence-electron chi connectivity index (χ1n) is 6.34. The van der Waals surface area contributed by atoms with Crippen LogP contribution in [-0.2, 0) is 12.8 Å². The Kier molecular flexibility index (Phi) is 3.38. The van der Waals surface area contributed by atoms with E-state index in [9.17, 15) is 0 Å². The van der Waals surface area contributed by atoms with Crippen molar-refractivity contribution < 1.29 is 0 Å². The molecule has 1 aliphatic rings. The van der Waals surface area contributed by atoms with Gasteiger partial charge in [0, 0.05) is 12.1 Å². The van der Waals surface area contributed by atoms with Crippen LogP contribution in [-0.4, -0.2) is 16.0 Å². The fourth-order valence-electron chi connectivity index (χ4n) is 2.50. The van der Waals surface area contributed by atoms with Crippen molar-refractivity contribution in [3.05, 3.63) is 46.1 Å². The van der Waals surface area contributed by atoms with Crippen LogP contribution in [0.4, 0.5) is 11.8 Å². The maximum Gasteiger partial charge on any atom is 0.225 e. The van der Waals surface area contributed by atoms with E-state index in [0.717, 1.165) is 19.3 Å². The summed E-state index contributed by atoms with van der Waals surface area (Å²) in [6.45, 7) is 0. The van der Waals surface area contributed by atoms with E-state index in [1.54, 1.807) is 6.07 Å². The van der Waals surface area contributed by atoms with Crippen molar-refractivity contribution in [1.29, 1.82) is 0 Å². The molecule has 0 saturated carbocycles. The number of halogens is 1. The van der Waals surface area contributed by atoms with Crippen LogP contribution >= 0.6 is 15.9 Å². The lowest BCUT2D eigenvalue weighted by molar-refractivity contribution is 0.606. The molecule has 0 radical (unpaired) electrons. The van der Waals surface area contributed by atoms with E-state index >= 15 is 0 Å². The maximum absolute atomic E-state index is 5.72. The van der Waals surface area contributed by atoms with E-state index in [2.05, 4.69) is 55.5 Å². The van der Waals surface area contributed by atoms with Gasteiger partial charge in [-0.25, -0.2) is 4.98 Å². The first-order valence-corrected chi connectivity index (χ1v) is 7.13. The van der Waals surface area contributed by atoms with Crippen LogP contribution in [0.2, 0.25) is 0 Å². The molecule has 4 nitrogen and oxygen atoms in total. The second kappa shape index (κ2) is 5.17. The highest BCUT2D eigenvalue weighted by Crippen LogP contribution is 2.23. The Balaban J connectivity index is 1.75. The lowest BCUT2D eigenvalue weighted by Gasteiger charge is -2.25. The zero-order chi connectivity index (χ0) is 13.2. The van der Waals surface area contributed by atoms with Gasteiger partial charge in [0.15, 0.2) is 0 Å². The largest absolute Gasteiger partial charge is 0.383 e. The summed E-state index contributed by atoms with van der Waals surface area (Å²) in [4.78, 5) is 8.51. The number of fused-ring (bicyclic) bond motifs is 1. The molecule has 1 atom stereocenters. The van der Waals surface area contributed by atoms with Gasteiger partial charge in [0.2, 0.25) is 5.95 Å². The first kappa shape index (κ1) is 12.4. The minimum absolute atomic E-state index is 0.364. The van der Waals surface area contributed by atoms with Crippen LogP contribution in [0, 0.1) is 0 Å². The van der Waals surface area contributed by atoms with Gasteiger partial charge in [-0.15, -0.1) is 0 Å². The molecule has 5 heteroatoms. The summed E-state index contributed by atoms with van der Waals surface area (Å²) >= 11 is 3.33. The highest BCUT2D eigenvalue weighted by Gasteiger charge is 2.18. The van der Waals surface area contributed by atoms with Gasteiger partial charge < -0.3 is 11.1 Å². The number of anilines is 2. The maximum atomic E-state index is 5.72. The molecular formula is C14H15BrN4. The molecular weight excluding hydrogens is 304 g/mol. The average molecular weight is 319 g/mol. The van der Waals surface area contributed by atoms with Crippen molar-refractivity contribution in [2.45, 2.75) is 25.3 Å². The monoisotopic (exact) mass is 318 g/mol. The molecule has 0 saturated heterocycles. The molecule has 3 rings (SSSR count). The van der Waals surface area contributed by atoms with Crippen molar-refractivity contribution in [2.75, 3.05) is 11.1 Å². The van der Waals surface area contributed by atoms with Crippen LogP contribution in [0.5, 0.6) is 0 Å². The average Bonchev–Trinajstić information content (AvgIpc) is 2.37. The number of aryl methyl sites for hydroxylation is 1. The van der Waals surface area contributed by atoms with Gasteiger partial charge >= 0.3 is 0 Å². The zero-order valence-electron chi connectivity index (χ0n) is 10.4. The molecule has 1 aliphatic carbocycles. The van der Waals surface area contributed by atoms with Crippen LogP contribution < -0.4 is 11.1 Å². The lowest BCUT2D eigenvalue weighted by atomic mass is 9.88. The number of rotatable bonds is 2. The fourth-order valence-corrected chi connectivity index (χ4v) is 2.91. The van der Waals surface area contributed by atoms with Crippen molar-refractivity contribution in [2.24, 2.45) is 0 Å². The number of aromatic nitrogens is 2. The number of nitrogens with two attached hydrogens (primary N) is 1. The van der Waals surface area contributed by atoms with Crippen LogP contribution in [0.25, 0.3) is 0 Å². The molecule has 1 heterocycles. The molecule has 1 aromatic carbocycles. The molecule has 0 spiro atoms. The number of nitrogens with one attached hydrogen (secondary N) is 1. The second-order valence-corrected chi connectivity index (χ2v) is 5.60. The normalized spacial score (nSPS) is 17.8. The van der Waals surface area contributed by atoms with Crippen molar-refractivity contribution >= 4 is 27.7 Å². The standard InChI is InChI=1S/C14H15BrN4/c15-12-8-13(16)19-14(18-12)17-11-6-5-9-3-1-2-4-10(9)7-11/h1-4,8,11H,5-7H2,(H3,16,17,18,19). The van der Waals surface area contributed by atoms with E-state index in [-0.39, 0.29) is 0 Å². The Bertz CT molecular complexity index is 579. The Hall–Kier alpha value is -1.62. The van der Waals surface area contributed by atoms with Crippen molar-refractivity contribution in [3.63, 3.8) is 0 Å². The summed E-state index contributed by atoms with van der Waals surface area (Å²) in [5.74, 6) is 1.07. The molecule has 3 N–H and O–H groups in total. The summed E-state index contributed by atoms with van der Waals surface area (Å²) in [5.41, 5.74) is 8.59. The molecule has 0 fully saturated rings. The van der Waals surface area contributed by atoms with E-state index in [4.69, 9.17) is 5.73 Å². The molecule has 0 bridgehead atoms. The second-order valence-electron chi connectivity index (χ2n) is 4.79. The number of benzene rings is 1. The first-order chi connectivity index (χ1) is 9.20. The van der Waals surface area contributed by atoms with Crippen LogP contribution in [0.1, 0.15) is 17.5 Å². The molecule has 0 amide bonds. The Morgan fingerprint density at radius 3 is 2.79 bits per heavy atom. The van der Waals surface area contributed by atoms with Crippen LogP contribution in [0.15, 0.2) is 34.9 Å². The third-order valence-corrected chi connectivity index (χ3v) is 3.80. The third-order valence-electron chi connectivity index (χ3n) is 3.39. The van der Waals surface area contributed by atoms with E-state index < -0.39 is 0 Å². The minimum Gasteiger partial charge on any atom is -0.383 e. The van der Waals surface area contributed by atoms with E-state index in [0.29, 0.717) is 22.4 Å². The summed E-state index contributed by atoms with van der Waals surface area (Å²) < 4.78 is 0.707. The number of hydrogen-bond donors (Lipinski definition) is 2. The van der Waals surface area contributed by atoms with Gasteiger partial charge in [0.1, 0.15) is 10.4 Å². The molecule has 19 heavy (non-hydrogen) atoms. The highest BCUT2D eigenvalue weighted by atomic mass is 79.9. The van der Waals surface area contributed by atoms with E-state index in [1.165, 1.54) is 11.1 Å². The minimum atomic E-state index is 0.364. The quantitative estimate of drug-likeness (QED) is 0.836. The smallest absolute Gasteiger partial charge is 0.225 e. The van der Waals surface area contributed by atoms with Crippen LogP contribution in [0.3, 0.4) is 0 Å². The third kappa shape index (κ3) is 2.87. The van der Waals surface area contributed by atoms with Gasteiger partial charge in [-0.05, 0) is 46.3 Å². The topological polar surface area (TPSA) is 63.8 Å². The summed E-state index contributed by atoms with van der Waals surface area (Å²) in [6, 6.07) is 10.7. The predicted molar refractivity (Wildman–Crippen MR) is 80.0 cm³/mol. The number of nitrogen functional groups attached to an aromatic ring is 1. The molecule has 98 valence electrons. The molecule has 1 aromatic heterocycles. The Labute approximate surface area is 120 Å². The number of nitrogens with zero attached hydrogens (tertiary/aromatic N) is 2. The Morgan fingerprint density at radius 2 is 2.00 bits per heavy atom. The molecule has 1 unspecified atom stereocenters. The van der Waals surface area contributed by atoms with Gasteiger partial charge in [-0.2, -0.15) is 4.98 Å². The summed E-state index contributed by atoms with van der Waals surface area (Å²) in [5, 5.41) is 3.37. The SMILES string of the molecule is Nc1cc(Br)nc(NC2CCc3ccccc3C2)n1. The summed E-state index contributed by atoms with van der Waals surface area (Å²) in [6.07, 6.45) is 3.19. The van der Waals surface area contributed by atoms with Crippen molar-refractivity contribution in [3.8, 4) is 0 Å². The predicted octanol–water partition coefficient (Wildman–Crippen LogP) is 2.79. The van der Waals surface area contributed by atoms with Crippen molar-refractivity contribution in [1.82, 2.24) is 9.97 Å². The lowest BCUT2D eigenvalue weighted by Crippen LogP contribution is -2.28. The fraction of sp³-hybridized carbons (Fsp3) is 0.286. The summed E-state index contributed by atoms with van der Waals surface area (Å²) in [7, 11) is 0. The molecule has 0 aliphatic heterocycles. The highest BCUT2D eigenvalue weighted by molar-refractivity contribution is 9.10. The van der Waals surface area contributed by atoms with E-state index in [1.807, 2.05) is 0 Å².